The molecule has 0 unspecified atom stereocenters. The minimum absolute atomic E-state index is 0.144. The fourth-order valence-electron chi connectivity index (χ4n) is 1.66. The molecule has 0 saturated heterocycles. The number of ether oxygens (including phenoxy) is 1. The van der Waals surface area contributed by atoms with Gasteiger partial charge in [0.05, 0.1) is 11.5 Å². The van der Waals surface area contributed by atoms with Crippen molar-refractivity contribution in [2.45, 2.75) is 31.6 Å². The molecule has 114 valence electrons. The lowest BCUT2D eigenvalue weighted by Gasteiger charge is -2.07. The predicted octanol–water partition coefficient (Wildman–Crippen LogP) is 2.96. The van der Waals surface area contributed by atoms with Crippen LogP contribution < -0.4 is 9.46 Å². The molecule has 2 rings (SSSR count). The Morgan fingerprint density at radius 2 is 2.00 bits per heavy atom. The highest BCUT2D eigenvalue weighted by Crippen LogP contribution is 2.19. The molecule has 21 heavy (non-hydrogen) atoms. The lowest BCUT2D eigenvalue weighted by molar-refractivity contribution is 0.309. The van der Waals surface area contributed by atoms with Gasteiger partial charge >= 0.3 is 0 Å². The summed E-state index contributed by atoms with van der Waals surface area (Å²) in [5.74, 6) is 1.35. The molecule has 7 heteroatoms. The number of benzene rings is 1. The molecule has 0 spiro atoms. The van der Waals surface area contributed by atoms with Crippen LogP contribution in [0.25, 0.3) is 0 Å². The van der Waals surface area contributed by atoms with Gasteiger partial charge in [0.1, 0.15) is 11.5 Å². The third-order valence-corrected chi connectivity index (χ3v) is 4.14. The number of rotatable bonds is 7. The Bertz CT molecular complexity index is 677. The number of sulfonamides is 1. The predicted molar refractivity (Wildman–Crippen MR) is 78.9 cm³/mol. The summed E-state index contributed by atoms with van der Waals surface area (Å²) >= 11 is 0. The smallest absolute Gasteiger partial charge is 0.263 e. The van der Waals surface area contributed by atoms with E-state index in [0.717, 1.165) is 12.8 Å². The Labute approximate surface area is 124 Å². The summed E-state index contributed by atoms with van der Waals surface area (Å²) in [6.45, 7) is 4.39. The molecule has 2 aromatic rings. The van der Waals surface area contributed by atoms with Crippen LogP contribution in [-0.4, -0.2) is 20.2 Å². The van der Waals surface area contributed by atoms with Gasteiger partial charge in [0.2, 0.25) is 0 Å². The van der Waals surface area contributed by atoms with E-state index in [1.807, 2.05) is 0 Å². The lowest BCUT2D eigenvalue weighted by Crippen LogP contribution is -2.13. The van der Waals surface area contributed by atoms with E-state index in [1.54, 1.807) is 19.1 Å². The summed E-state index contributed by atoms with van der Waals surface area (Å²) < 4.78 is 37.0. The van der Waals surface area contributed by atoms with E-state index in [-0.39, 0.29) is 10.7 Å². The van der Waals surface area contributed by atoms with Crippen molar-refractivity contribution < 1.29 is 17.7 Å². The second-order valence-electron chi connectivity index (χ2n) is 4.60. The third-order valence-electron chi connectivity index (χ3n) is 2.77. The average molecular weight is 310 g/mol. The molecule has 6 nitrogen and oxygen atoms in total. The zero-order valence-electron chi connectivity index (χ0n) is 12.0. The lowest BCUT2D eigenvalue weighted by atomic mass is 10.3. The highest BCUT2D eigenvalue weighted by Gasteiger charge is 2.16. The minimum atomic E-state index is -3.67. The van der Waals surface area contributed by atoms with Crippen molar-refractivity contribution in [2.24, 2.45) is 0 Å². The highest BCUT2D eigenvalue weighted by molar-refractivity contribution is 7.92. The summed E-state index contributed by atoms with van der Waals surface area (Å²) in [4.78, 5) is 0.144. The summed E-state index contributed by atoms with van der Waals surface area (Å²) in [7, 11) is -3.67. The van der Waals surface area contributed by atoms with Crippen LogP contribution in [0.4, 0.5) is 5.82 Å². The summed E-state index contributed by atoms with van der Waals surface area (Å²) in [6.07, 6.45) is 2.01. The van der Waals surface area contributed by atoms with Gasteiger partial charge in [0, 0.05) is 6.07 Å². The van der Waals surface area contributed by atoms with Gasteiger partial charge in [-0.2, -0.15) is 0 Å². The van der Waals surface area contributed by atoms with Gasteiger partial charge in [-0.25, -0.2) is 8.42 Å². The summed E-state index contributed by atoms with van der Waals surface area (Å²) in [5.41, 5.74) is 0. The molecule has 1 N–H and O–H groups in total. The quantitative estimate of drug-likeness (QED) is 0.795. The minimum Gasteiger partial charge on any atom is -0.494 e. The van der Waals surface area contributed by atoms with Crippen molar-refractivity contribution in [3.05, 3.63) is 36.1 Å². The largest absolute Gasteiger partial charge is 0.494 e. The van der Waals surface area contributed by atoms with Crippen molar-refractivity contribution in [3.8, 4) is 5.75 Å². The van der Waals surface area contributed by atoms with Crippen molar-refractivity contribution in [3.63, 3.8) is 0 Å². The second-order valence-corrected chi connectivity index (χ2v) is 6.28. The molecule has 0 aliphatic rings. The molecule has 0 bridgehead atoms. The monoisotopic (exact) mass is 310 g/mol. The molecule has 0 saturated carbocycles. The topological polar surface area (TPSA) is 81.4 Å². The molecule has 1 heterocycles. The van der Waals surface area contributed by atoms with Crippen LogP contribution in [-0.2, 0) is 10.0 Å². The molecule has 0 radical (unpaired) electrons. The first-order valence-corrected chi connectivity index (χ1v) is 8.18. The van der Waals surface area contributed by atoms with E-state index in [0.29, 0.717) is 18.1 Å². The molecule has 1 aromatic carbocycles. The number of hydrogen-bond acceptors (Lipinski definition) is 5. The van der Waals surface area contributed by atoms with Gasteiger partial charge in [-0.05, 0) is 37.6 Å². The van der Waals surface area contributed by atoms with Gasteiger partial charge in [0.25, 0.3) is 10.0 Å². The molecule has 0 atom stereocenters. The molecule has 0 aliphatic carbocycles. The van der Waals surface area contributed by atoms with Crippen LogP contribution in [0.15, 0.2) is 39.8 Å². The van der Waals surface area contributed by atoms with Gasteiger partial charge in [-0.3, -0.25) is 4.72 Å². The SMILES string of the molecule is CCCCOc1ccc(S(=O)(=O)Nc2cc(C)on2)cc1. The first-order chi connectivity index (χ1) is 10.0. The van der Waals surface area contributed by atoms with E-state index in [2.05, 4.69) is 16.8 Å². The summed E-state index contributed by atoms with van der Waals surface area (Å²) in [5, 5.41) is 3.60. The molecule has 0 fully saturated rings. The van der Waals surface area contributed by atoms with E-state index in [1.165, 1.54) is 18.2 Å². The number of nitrogens with one attached hydrogen (secondary N) is 1. The van der Waals surface area contributed by atoms with Crippen molar-refractivity contribution >= 4 is 15.8 Å². The molecular formula is C14H18N2O4S. The molecule has 1 aromatic heterocycles. The van der Waals surface area contributed by atoms with E-state index >= 15 is 0 Å². The van der Waals surface area contributed by atoms with E-state index < -0.39 is 10.0 Å². The third kappa shape index (κ3) is 4.22. The van der Waals surface area contributed by atoms with Gasteiger partial charge < -0.3 is 9.26 Å². The fourth-order valence-corrected chi connectivity index (χ4v) is 2.64. The second kappa shape index (κ2) is 6.62. The number of aryl methyl sites for hydroxylation is 1. The molecular weight excluding hydrogens is 292 g/mol. The van der Waals surface area contributed by atoms with Crippen molar-refractivity contribution in [1.29, 1.82) is 0 Å². The van der Waals surface area contributed by atoms with Crippen LogP contribution >= 0.6 is 0 Å². The van der Waals surface area contributed by atoms with Crippen molar-refractivity contribution in [2.75, 3.05) is 11.3 Å². The Balaban J connectivity index is 2.06. The Kier molecular flexibility index (Phi) is 4.85. The van der Waals surface area contributed by atoms with E-state index in [4.69, 9.17) is 9.26 Å². The van der Waals surface area contributed by atoms with Crippen LogP contribution in [0.2, 0.25) is 0 Å². The normalized spacial score (nSPS) is 11.3. The van der Waals surface area contributed by atoms with Gasteiger partial charge in [-0.1, -0.05) is 18.5 Å². The maximum atomic E-state index is 12.1. The van der Waals surface area contributed by atoms with Crippen molar-refractivity contribution in [1.82, 2.24) is 5.16 Å². The van der Waals surface area contributed by atoms with Gasteiger partial charge in [0.15, 0.2) is 5.82 Å². The fraction of sp³-hybridized carbons (Fsp3) is 0.357. The number of aromatic nitrogens is 1. The van der Waals surface area contributed by atoms with Crippen LogP contribution in [0.3, 0.4) is 0 Å². The first kappa shape index (κ1) is 15.4. The van der Waals surface area contributed by atoms with Crippen LogP contribution in [0.5, 0.6) is 5.75 Å². The number of unbranched alkanes of at least 4 members (excludes halogenated alkanes) is 1. The number of anilines is 1. The maximum Gasteiger partial charge on any atom is 0.263 e. The highest BCUT2D eigenvalue weighted by atomic mass is 32.2. The zero-order valence-corrected chi connectivity index (χ0v) is 12.8. The molecule has 0 aliphatic heterocycles. The Morgan fingerprint density at radius 3 is 2.57 bits per heavy atom. The Hall–Kier alpha value is -2.02. The van der Waals surface area contributed by atoms with Gasteiger partial charge in [-0.15, -0.1) is 0 Å². The number of hydrogen-bond donors (Lipinski definition) is 1. The van der Waals surface area contributed by atoms with Crippen LogP contribution in [0, 0.1) is 6.92 Å². The first-order valence-electron chi connectivity index (χ1n) is 6.70. The molecule has 0 amide bonds. The maximum absolute atomic E-state index is 12.1. The van der Waals surface area contributed by atoms with E-state index in [9.17, 15) is 8.42 Å². The Morgan fingerprint density at radius 1 is 1.29 bits per heavy atom. The zero-order chi connectivity index (χ0) is 15.3. The van der Waals surface area contributed by atoms with Crippen LogP contribution in [0.1, 0.15) is 25.5 Å². The standard InChI is InChI=1S/C14H18N2O4S/c1-3-4-9-19-12-5-7-13(8-6-12)21(17,18)16-14-10-11(2)20-15-14/h5-8,10H,3-4,9H2,1-2H3,(H,15,16). The average Bonchev–Trinajstić information content (AvgIpc) is 2.84. The summed E-state index contributed by atoms with van der Waals surface area (Å²) in [6, 6.07) is 7.78. The number of nitrogens with zero attached hydrogens (tertiary/aromatic N) is 1.